The van der Waals surface area contributed by atoms with Crippen LogP contribution in [0.25, 0.3) is 28.5 Å². The first kappa shape index (κ1) is 19.4. The van der Waals surface area contributed by atoms with Gasteiger partial charge in [-0.3, -0.25) is 4.79 Å². The fourth-order valence-corrected chi connectivity index (χ4v) is 3.27. The summed E-state index contributed by atoms with van der Waals surface area (Å²) in [6.07, 6.45) is 3.94. The highest BCUT2D eigenvalue weighted by Gasteiger charge is 2.13. The van der Waals surface area contributed by atoms with Crippen molar-refractivity contribution >= 4 is 6.08 Å². The first-order chi connectivity index (χ1) is 14.7. The van der Waals surface area contributed by atoms with Gasteiger partial charge in [0.25, 0.3) is 5.56 Å². The van der Waals surface area contributed by atoms with Crippen LogP contribution in [0, 0.1) is 0 Å². The first-order valence-electron chi connectivity index (χ1n) is 9.78. The second-order valence-electron chi connectivity index (χ2n) is 6.83. The van der Waals surface area contributed by atoms with Gasteiger partial charge in [-0.25, -0.2) is 4.68 Å². The molecule has 4 nitrogen and oxygen atoms in total. The molecular formula is C26H22N2O2. The number of hydrogen-bond donors (Lipinski definition) is 0. The van der Waals surface area contributed by atoms with Gasteiger partial charge in [0.1, 0.15) is 5.75 Å². The Morgan fingerprint density at radius 2 is 1.53 bits per heavy atom. The zero-order chi connectivity index (χ0) is 20.8. The molecule has 0 aliphatic heterocycles. The summed E-state index contributed by atoms with van der Waals surface area (Å²) in [5.41, 5.74) is 4.41. The lowest BCUT2D eigenvalue weighted by atomic mass is 10.00. The Kier molecular flexibility index (Phi) is 5.85. The van der Waals surface area contributed by atoms with Crippen molar-refractivity contribution in [3.05, 3.63) is 113 Å². The van der Waals surface area contributed by atoms with Gasteiger partial charge in [0, 0.05) is 17.2 Å². The Bertz CT molecular complexity index is 1200. The summed E-state index contributed by atoms with van der Waals surface area (Å²) >= 11 is 0. The molecule has 3 aromatic carbocycles. The highest BCUT2D eigenvalue weighted by atomic mass is 16.5. The van der Waals surface area contributed by atoms with Crippen LogP contribution < -0.4 is 10.3 Å². The van der Waals surface area contributed by atoms with E-state index in [1.54, 1.807) is 13.2 Å². The van der Waals surface area contributed by atoms with Crippen LogP contribution in [0.5, 0.6) is 5.75 Å². The van der Waals surface area contributed by atoms with Crippen molar-refractivity contribution in [3.8, 4) is 28.1 Å². The summed E-state index contributed by atoms with van der Waals surface area (Å²) in [6, 6.07) is 29.2. The summed E-state index contributed by atoms with van der Waals surface area (Å²) in [7, 11) is 1.64. The van der Waals surface area contributed by atoms with E-state index in [1.807, 2.05) is 97.1 Å². The summed E-state index contributed by atoms with van der Waals surface area (Å²) in [4.78, 5) is 12.8. The summed E-state index contributed by atoms with van der Waals surface area (Å²) in [5.74, 6) is 0.777. The van der Waals surface area contributed by atoms with Crippen molar-refractivity contribution in [1.82, 2.24) is 9.78 Å². The Hall–Kier alpha value is -3.92. The molecule has 30 heavy (non-hydrogen) atoms. The van der Waals surface area contributed by atoms with E-state index in [0.717, 1.165) is 33.7 Å². The molecule has 0 bridgehead atoms. The molecule has 0 fully saturated rings. The smallest absolute Gasteiger partial charge is 0.267 e. The average molecular weight is 394 g/mol. The molecule has 4 aromatic rings. The zero-order valence-electron chi connectivity index (χ0n) is 16.7. The fourth-order valence-electron chi connectivity index (χ4n) is 3.27. The molecule has 148 valence electrons. The largest absolute Gasteiger partial charge is 0.497 e. The lowest BCUT2D eigenvalue weighted by molar-refractivity contribution is 0.415. The van der Waals surface area contributed by atoms with E-state index in [-0.39, 0.29) is 5.56 Å². The molecule has 0 amide bonds. The predicted molar refractivity (Wildman–Crippen MR) is 121 cm³/mol. The maximum atomic E-state index is 12.8. The number of hydrogen-bond acceptors (Lipinski definition) is 3. The predicted octanol–water partition coefficient (Wildman–Crippen LogP) is 5.30. The molecule has 0 radical (unpaired) electrons. The number of allylic oxidation sites excluding steroid dienone is 1. The van der Waals surface area contributed by atoms with Gasteiger partial charge in [0.2, 0.25) is 0 Å². The molecule has 1 aromatic heterocycles. The van der Waals surface area contributed by atoms with Gasteiger partial charge < -0.3 is 4.74 Å². The van der Waals surface area contributed by atoms with Gasteiger partial charge >= 0.3 is 0 Å². The lowest BCUT2D eigenvalue weighted by Gasteiger charge is -2.12. The molecule has 4 rings (SSSR count). The van der Waals surface area contributed by atoms with Gasteiger partial charge in [-0.05, 0) is 35.4 Å². The SMILES string of the molecule is COc1ccc(-c2nn(C/C=C/c3ccccc3)c(=O)cc2-c2ccccc2)cc1. The highest BCUT2D eigenvalue weighted by molar-refractivity contribution is 5.80. The minimum absolute atomic E-state index is 0.135. The van der Waals surface area contributed by atoms with Crippen LogP contribution in [0.4, 0.5) is 0 Å². The summed E-state index contributed by atoms with van der Waals surface area (Å²) in [5, 5.41) is 4.72. The van der Waals surface area contributed by atoms with Crippen molar-refractivity contribution in [1.29, 1.82) is 0 Å². The molecule has 0 aliphatic carbocycles. The Morgan fingerprint density at radius 3 is 2.20 bits per heavy atom. The van der Waals surface area contributed by atoms with E-state index in [9.17, 15) is 4.79 Å². The molecule has 4 heteroatoms. The van der Waals surface area contributed by atoms with Gasteiger partial charge in [-0.15, -0.1) is 0 Å². The fraction of sp³-hybridized carbons (Fsp3) is 0.0769. The van der Waals surface area contributed by atoms with E-state index >= 15 is 0 Å². The molecule has 0 aliphatic rings. The van der Waals surface area contributed by atoms with Crippen LogP contribution in [0.15, 0.2) is 102 Å². The second kappa shape index (κ2) is 9.05. The van der Waals surface area contributed by atoms with Crippen LogP contribution in [-0.4, -0.2) is 16.9 Å². The van der Waals surface area contributed by atoms with Gasteiger partial charge in [0.15, 0.2) is 0 Å². The summed E-state index contributed by atoms with van der Waals surface area (Å²) < 4.78 is 6.76. The number of benzene rings is 3. The molecule has 1 heterocycles. The van der Waals surface area contributed by atoms with Crippen molar-refractivity contribution in [2.24, 2.45) is 0 Å². The minimum atomic E-state index is -0.135. The highest BCUT2D eigenvalue weighted by Crippen LogP contribution is 2.30. The third-order valence-corrected chi connectivity index (χ3v) is 4.83. The van der Waals surface area contributed by atoms with Crippen LogP contribution in [-0.2, 0) is 6.54 Å². The molecule has 0 saturated carbocycles. The Balaban J connectivity index is 1.75. The Morgan fingerprint density at radius 1 is 0.867 bits per heavy atom. The third kappa shape index (κ3) is 4.39. The van der Waals surface area contributed by atoms with Crippen molar-refractivity contribution < 1.29 is 4.74 Å². The van der Waals surface area contributed by atoms with E-state index in [2.05, 4.69) is 0 Å². The van der Waals surface area contributed by atoms with Crippen LogP contribution >= 0.6 is 0 Å². The van der Waals surface area contributed by atoms with Gasteiger partial charge in [-0.1, -0.05) is 72.8 Å². The van der Waals surface area contributed by atoms with Crippen molar-refractivity contribution in [3.63, 3.8) is 0 Å². The lowest BCUT2D eigenvalue weighted by Crippen LogP contribution is -2.22. The Labute approximate surface area is 175 Å². The van der Waals surface area contributed by atoms with E-state index < -0.39 is 0 Å². The number of rotatable bonds is 6. The quantitative estimate of drug-likeness (QED) is 0.446. The molecule has 0 atom stereocenters. The number of nitrogens with zero attached hydrogens (tertiary/aromatic N) is 2. The van der Waals surface area contributed by atoms with Crippen LogP contribution in [0.1, 0.15) is 5.56 Å². The number of methoxy groups -OCH3 is 1. The normalized spacial score (nSPS) is 11.0. The first-order valence-corrected chi connectivity index (χ1v) is 9.78. The standard InChI is InChI=1S/C26H22N2O2/c1-30-23-16-14-22(15-17-23)26-24(21-12-6-3-7-13-21)19-25(29)28(27-26)18-8-11-20-9-4-2-5-10-20/h2-17,19H,18H2,1H3/b11-8+. The molecule has 0 unspecified atom stereocenters. The van der Waals surface area contributed by atoms with Crippen LogP contribution in [0.3, 0.4) is 0 Å². The van der Waals surface area contributed by atoms with Crippen LogP contribution in [0.2, 0.25) is 0 Å². The molecule has 0 saturated heterocycles. The van der Waals surface area contributed by atoms with Gasteiger partial charge in [-0.2, -0.15) is 5.10 Å². The van der Waals surface area contributed by atoms with Gasteiger partial charge in [0.05, 0.1) is 19.3 Å². The maximum absolute atomic E-state index is 12.8. The summed E-state index contributed by atoms with van der Waals surface area (Å²) in [6.45, 7) is 0.395. The monoisotopic (exact) mass is 394 g/mol. The molecule has 0 spiro atoms. The van der Waals surface area contributed by atoms with Crippen molar-refractivity contribution in [2.75, 3.05) is 7.11 Å². The topological polar surface area (TPSA) is 44.1 Å². The van der Waals surface area contributed by atoms with Crippen molar-refractivity contribution in [2.45, 2.75) is 6.54 Å². The molecule has 0 N–H and O–H groups in total. The number of ether oxygens (including phenoxy) is 1. The van der Waals surface area contributed by atoms with E-state index in [4.69, 9.17) is 9.84 Å². The average Bonchev–Trinajstić information content (AvgIpc) is 2.81. The van der Waals surface area contributed by atoms with E-state index in [0.29, 0.717) is 6.54 Å². The zero-order valence-corrected chi connectivity index (χ0v) is 16.7. The second-order valence-corrected chi connectivity index (χ2v) is 6.83. The maximum Gasteiger partial charge on any atom is 0.267 e. The number of aromatic nitrogens is 2. The minimum Gasteiger partial charge on any atom is -0.497 e. The third-order valence-electron chi connectivity index (χ3n) is 4.83. The van der Waals surface area contributed by atoms with E-state index in [1.165, 1.54) is 4.68 Å². The molecular weight excluding hydrogens is 372 g/mol.